The molecule has 0 saturated heterocycles. The van der Waals surface area contributed by atoms with E-state index in [9.17, 15) is 9.59 Å². The van der Waals surface area contributed by atoms with Gasteiger partial charge in [0.25, 0.3) is 5.24 Å². The highest BCUT2D eigenvalue weighted by Crippen LogP contribution is 2.08. The van der Waals surface area contributed by atoms with Crippen molar-refractivity contribution in [3.8, 4) is 0 Å². The van der Waals surface area contributed by atoms with Crippen LogP contribution in [0.2, 0.25) is 0 Å². The second-order valence-electron chi connectivity index (χ2n) is 2.41. The minimum absolute atomic E-state index is 0.0743. The highest BCUT2D eigenvalue weighted by atomic mass is 35.5. The van der Waals surface area contributed by atoms with Crippen molar-refractivity contribution in [2.45, 2.75) is 6.92 Å². The van der Waals surface area contributed by atoms with Gasteiger partial charge in [-0.2, -0.15) is 0 Å². The Morgan fingerprint density at radius 2 is 1.83 bits per heavy atom. The van der Waals surface area contributed by atoms with Crippen molar-refractivity contribution < 1.29 is 9.59 Å². The molecule has 2 nitrogen and oxygen atoms in total. The largest absolute Gasteiger partial charge is 0.295 e. The zero-order chi connectivity index (χ0) is 9.14. The monoisotopic (exact) mass is 182 g/mol. The Balaban J connectivity index is 3.12. The zero-order valence-corrected chi connectivity index (χ0v) is 7.26. The van der Waals surface area contributed by atoms with E-state index in [1.165, 1.54) is 13.0 Å². The smallest absolute Gasteiger partial charge is 0.252 e. The van der Waals surface area contributed by atoms with Gasteiger partial charge in [0.2, 0.25) is 0 Å². The van der Waals surface area contributed by atoms with Crippen molar-refractivity contribution >= 4 is 22.6 Å². The molecular weight excluding hydrogens is 176 g/mol. The quantitative estimate of drug-likeness (QED) is 0.520. The van der Waals surface area contributed by atoms with E-state index >= 15 is 0 Å². The van der Waals surface area contributed by atoms with Crippen molar-refractivity contribution in [3.05, 3.63) is 35.4 Å². The van der Waals surface area contributed by atoms with Gasteiger partial charge in [-0.1, -0.05) is 18.2 Å². The highest BCUT2D eigenvalue weighted by Gasteiger charge is 2.04. The fourth-order valence-corrected chi connectivity index (χ4v) is 0.978. The number of carbonyl (C=O) groups excluding carboxylic acids is 2. The summed E-state index contributed by atoms with van der Waals surface area (Å²) in [5.74, 6) is -0.0743. The first-order valence-corrected chi connectivity index (χ1v) is 3.80. The Hall–Kier alpha value is -1.15. The Kier molecular flexibility index (Phi) is 2.61. The lowest BCUT2D eigenvalue weighted by Crippen LogP contribution is -1.95. The van der Waals surface area contributed by atoms with Crippen molar-refractivity contribution in [2.24, 2.45) is 0 Å². The number of benzene rings is 1. The molecule has 0 bridgehead atoms. The number of halogens is 1. The summed E-state index contributed by atoms with van der Waals surface area (Å²) in [5.41, 5.74) is 0.853. The summed E-state index contributed by atoms with van der Waals surface area (Å²) < 4.78 is 0. The normalized spacial score (nSPS) is 9.50. The van der Waals surface area contributed by atoms with E-state index in [-0.39, 0.29) is 5.78 Å². The van der Waals surface area contributed by atoms with Gasteiger partial charge >= 0.3 is 0 Å². The molecule has 0 radical (unpaired) electrons. The van der Waals surface area contributed by atoms with Crippen molar-refractivity contribution in [1.82, 2.24) is 0 Å². The summed E-state index contributed by atoms with van der Waals surface area (Å²) in [7, 11) is 0. The van der Waals surface area contributed by atoms with Crippen LogP contribution in [0.15, 0.2) is 24.3 Å². The molecule has 0 aliphatic heterocycles. The van der Waals surface area contributed by atoms with Crippen LogP contribution in [0.4, 0.5) is 0 Å². The lowest BCUT2D eigenvalue weighted by atomic mass is 10.1. The molecule has 0 fully saturated rings. The minimum atomic E-state index is -0.543. The second-order valence-corrected chi connectivity index (χ2v) is 2.75. The van der Waals surface area contributed by atoms with Crippen LogP contribution >= 0.6 is 11.6 Å². The van der Waals surface area contributed by atoms with Gasteiger partial charge in [0.15, 0.2) is 5.78 Å². The Labute approximate surface area is 75.2 Å². The van der Waals surface area contributed by atoms with Crippen LogP contribution in [0, 0.1) is 0 Å². The summed E-state index contributed by atoms with van der Waals surface area (Å²) in [6, 6.07) is 6.33. The molecule has 0 spiro atoms. The summed E-state index contributed by atoms with van der Waals surface area (Å²) >= 11 is 5.23. The first-order valence-electron chi connectivity index (χ1n) is 3.42. The molecule has 0 aromatic heterocycles. The zero-order valence-electron chi connectivity index (χ0n) is 6.50. The third-order valence-corrected chi connectivity index (χ3v) is 1.71. The number of carbonyl (C=O) groups is 2. The molecular formula is C9H7ClO2. The molecule has 0 aliphatic carbocycles. The lowest BCUT2D eigenvalue weighted by molar-refractivity contribution is 0.101. The van der Waals surface area contributed by atoms with Gasteiger partial charge in [-0.25, -0.2) is 0 Å². The highest BCUT2D eigenvalue weighted by molar-refractivity contribution is 6.67. The molecule has 1 aromatic carbocycles. The topological polar surface area (TPSA) is 34.1 Å². The van der Waals surface area contributed by atoms with Gasteiger partial charge in [0.1, 0.15) is 0 Å². The Morgan fingerprint density at radius 1 is 1.25 bits per heavy atom. The molecule has 0 atom stereocenters. The van der Waals surface area contributed by atoms with Crippen LogP contribution in [0.5, 0.6) is 0 Å². The maximum atomic E-state index is 10.9. The van der Waals surface area contributed by atoms with Crippen LogP contribution in [-0.4, -0.2) is 11.0 Å². The maximum absolute atomic E-state index is 10.9. The number of rotatable bonds is 2. The van der Waals surface area contributed by atoms with E-state index in [2.05, 4.69) is 0 Å². The summed E-state index contributed by atoms with van der Waals surface area (Å²) in [6.45, 7) is 1.44. The van der Waals surface area contributed by atoms with E-state index in [0.29, 0.717) is 11.1 Å². The third kappa shape index (κ3) is 1.92. The van der Waals surface area contributed by atoms with Gasteiger partial charge in [0.05, 0.1) is 0 Å². The van der Waals surface area contributed by atoms with Gasteiger partial charge in [-0.3, -0.25) is 9.59 Å². The fraction of sp³-hybridized carbons (Fsp3) is 0.111. The number of ketones is 1. The summed E-state index contributed by atoms with van der Waals surface area (Å²) in [4.78, 5) is 21.5. The van der Waals surface area contributed by atoms with Crippen LogP contribution in [0.25, 0.3) is 0 Å². The molecule has 3 heteroatoms. The molecule has 0 unspecified atom stereocenters. The molecule has 62 valence electrons. The second kappa shape index (κ2) is 3.50. The van der Waals surface area contributed by atoms with Gasteiger partial charge < -0.3 is 0 Å². The molecule has 0 heterocycles. The van der Waals surface area contributed by atoms with Crippen molar-refractivity contribution in [2.75, 3.05) is 0 Å². The van der Waals surface area contributed by atoms with Crippen molar-refractivity contribution in [3.63, 3.8) is 0 Å². The van der Waals surface area contributed by atoms with Crippen LogP contribution < -0.4 is 0 Å². The summed E-state index contributed by atoms with van der Waals surface area (Å²) in [6.07, 6.45) is 0. The maximum Gasteiger partial charge on any atom is 0.252 e. The van der Waals surface area contributed by atoms with E-state index in [0.717, 1.165) is 0 Å². The standard InChI is InChI=1S/C9H7ClO2/c1-6(11)7-3-2-4-8(5-7)9(10)12/h2-5H,1H3. The molecule has 0 amide bonds. The van der Waals surface area contributed by atoms with E-state index in [4.69, 9.17) is 11.6 Å². The van der Waals surface area contributed by atoms with Gasteiger partial charge in [0, 0.05) is 11.1 Å². The van der Waals surface area contributed by atoms with E-state index in [1.54, 1.807) is 18.2 Å². The fourth-order valence-electron chi connectivity index (χ4n) is 0.860. The Morgan fingerprint density at radius 3 is 2.33 bits per heavy atom. The molecule has 1 aromatic rings. The van der Waals surface area contributed by atoms with Crippen LogP contribution in [0.1, 0.15) is 27.6 Å². The number of Topliss-reactive ketones (excluding diaryl/α,β-unsaturated/α-hetero) is 1. The van der Waals surface area contributed by atoms with Gasteiger partial charge in [-0.15, -0.1) is 0 Å². The summed E-state index contributed by atoms with van der Waals surface area (Å²) in [5, 5.41) is -0.543. The molecule has 1 rings (SSSR count). The van der Waals surface area contributed by atoms with Crippen LogP contribution in [-0.2, 0) is 0 Å². The first-order chi connectivity index (χ1) is 5.61. The molecule has 0 aliphatic rings. The van der Waals surface area contributed by atoms with E-state index in [1.807, 2.05) is 0 Å². The van der Waals surface area contributed by atoms with Crippen LogP contribution in [0.3, 0.4) is 0 Å². The van der Waals surface area contributed by atoms with E-state index < -0.39 is 5.24 Å². The lowest BCUT2D eigenvalue weighted by Gasteiger charge is -1.96. The molecule has 0 saturated carbocycles. The SMILES string of the molecule is CC(=O)c1cccc(C(=O)Cl)c1. The minimum Gasteiger partial charge on any atom is -0.295 e. The number of hydrogen-bond acceptors (Lipinski definition) is 2. The average Bonchev–Trinajstić information content (AvgIpc) is 2.04. The van der Waals surface area contributed by atoms with Gasteiger partial charge in [-0.05, 0) is 24.6 Å². The van der Waals surface area contributed by atoms with Crippen molar-refractivity contribution in [1.29, 1.82) is 0 Å². The molecule has 12 heavy (non-hydrogen) atoms. The average molecular weight is 183 g/mol. The predicted octanol–water partition coefficient (Wildman–Crippen LogP) is 2.27. The predicted molar refractivity (Wildman–Crippen MR) is 46.6 cm³/mol. The Bertz CT molecular complexity index is 302. The molecule has 0 N–H and O–H groups in total. The number of hydrogen-bond donors (Lipinski definition) is 0. The third-order valence-electron chi connectivity index (χ3n) is 1.50. The first kappa shape index (κ1) is 8.94.